The van der Waals surface area contributed by atoms with E-state index in [1.54, 1.807) is 0 Å². The number of esters is 1. The van der Waals surface area contributed by atoms with Crippen LogP contribution in [0.25, 0.3) is 0 Å². The normalized spacial score (nSPS) is 13.1. The van der Waals surface area contributed by atoms with Crippen LogP contribution in [0.3, 0.4) is 0 Å². The Morgan fingerprint density at radius 3 is 1.61 bits per heavy atom. The number of hydrogen-bond donors (Lipinski definition) is 3. The molecule has 6 heteroatoms. The summed E-state index contributed by atoms with van der Waals surface area (Å²) in [5, 5.41) is 23.0. The molecule has 0 fully saturated rings. The van der Waals surface area contributed by atoms with Gasteiger partial charge in [-0.05, 0) is 70.6 Å². The number of rotatable bonds is 39. The van der Waals surface area contributed by atoms with Gasteiger partial charge in [-0.3, -0.25) is 9.59 Å². The molecule has 1 amide bonds. The second kappa shape index (κ2) is 40.8. The van der Waals surface area contributed by atoms with Gasteiger partial charge in [0.25, 0.3) is 0 Å². The molecule has 0 spiro atoms. The number of allylic oxidation sites excluding steroid dienone is 6. The van der Waals surface area contributed by atoms with Crippen LogP contribution < -0.4 is 5.32 Å². The fraction of sp³-hybridized carbons (Fsp3) is 0.822. The Morgan fingerprint density at radius 1 is 0.549 bits per heavy atom. The van der Waals surface area contributed by atoms with Crippen LogP contribution >= 0.6 is 0 Å². The molecule has 0 aliphatic heterocycles. The van der Waals surface area contributed by atoms with Gasteiger partial charge in [-0.1, -0.05) is 166 Å². The van der Waals surface area contributed by atoms with Crippen molar-refractivity contribution in [1.29, 1.82) is 0 Å². The summed E-state index contributed by atoms with van der Waals surface area (Å²) in [6, 6.07) is -0.578. The molecule has 0 aromatic carbocycles. The Kier molecular flexibility index (Phi) is 39.3. The molecule has 0 radical (unpaired) electrons. The first-order valence-electron chi connectivity index (χ1n) is 21.7. The molecule has 6 nitrogen and oxygen atoms in total. The van der Waals surface area contributed by atoms with Gasteiger partial charge in [-0.25, -0.2) is 0 Å². The molecule has 0 rings (SSSR count). The summed E-state index contributed by atoms with van der Waals surface area (Å²) in [6.45, 7) is 4.78. The molecule has 0 saturated heterocycles. The van der Waals surface area contributed by atoms with E-state index in [9.17, 15) is 19.8 Å². The van der Waals surface area contributed by atoms with E-state index in [2.05, 4.69) is 55.6 Å². The van der Waals surface area contributed by atoms with Gasteiger partial charge in [0.1, 0.15) is 0 Å². The lowest BCUT2D eigenvalue weighted by atomic mass is 10.0. The Bertz CT molecular complexity index is 838. The van der Waals surface area contributed by atoms with Crippen LogP contribution in [0.4, 0.5) is 0 Å². The number of aliphatic hydroxyl groups excluding tert-OH is 2. The molecular weight excluding hydrogens is 634 g/mol. The smallest absolute Gasteiger partial charge is 0.305 e. The van der Waals surface area contributed by atoms with Crippen LogP contribution in [0.1, 0.15) is 213 Å². The highest BCUT2D eigenvalue weighted by Crippen LogP contribution is 2.14. The van der Waals surface area contributed by atoms with Crippen LogP contribution in [-0.2, 0) is 14.3 Å². The van der Waals surface area contributed by atoms with Crippen LogP contribution in [0.5, 0.6) is 0 Å². The van der Waals surface area contributed by atoms with Gasteiger partial charge in [0.15, 0.2) is 0 Å². The monoisotopic (exact) mass is 718 g/mol. The fourth-order valence-electron chi connectivity index (χ4n) is 6.24. The number of aliphatic hydroxyl groups is 2. The molecule has 2 unspecified atom stereocenters. The lowest BCUT2D eigenvalue weighted by Gasteiger charge is -2.22. The minimum Gasteiger partial charge on any atom is -0.466 e. The van der Waals surface area contributed by atoms with E-state index in [-0.39, 0.29) is 18.5 Å². The van der Waals surface area contributed by atoms with Crippen molar-refractivity contribution in [2.45, 2.75) is 225 Å². The van der Waals surface area contributed by atoms with E-state index in [0.717, 1.165) is 83.5 Å². The van der Waals surface area contributed by atoms with E-state index in [1.165, 1.54) is 96.3 Å². The Labute approximate surface area is 315 Å². The second-order valence-electron chi connectivity index (χ2n) is 14.7. The first kappa shape index (κ1) is 49.1. The third kappa shape index (κ3) is 37.6. The van der Waals surface area contributed by atoms with E-state index in [1.807, 2.05) is 0 Å². The molecule has 0 aliphatic rings. The third-order valence-corrected chi connectivity index (χ3v) is 9.66. The average Bonchev–Trinajstić information content (AvgIpc) is 3.13. The Hall–Kier alpha value is -1.92. The zero-order valence-electron chi connectivity index (χ0n) is 33.6. The minimum absolute atomic E-state index is 0.0517. The van der Waals surface area contributed by atoms with Gasteiger partial charge < -0.3 is 20.3 Å². The lowest BCUT2D eigenvalue weighted by Crippen LogP contribution is -2.45. The molecule has 3 N–H and O–H groups in total. The van der Waals surface area contributed by atoms with Crippen LogP contribution in [0, 0.1) is 0 Å². The molecule has 298 valence electrons. The molecule has 0 bridgehead atoms. The van der Waals surface area contributed by atoms with E-state index < -0.39 is 12.1 Å². The van der Waals surface area contributed by atoms with Gasteiger partial charge in [-0.2, -0.15) is 0 Å². The summed E-state index contributed by atoms with van der Waals surface area (Å²) >= 11 is 0. The van der Waals surface area contributed by atoms with Crippen molar-refractivity contribution in [2.75, 3.05) is 13.2 Å². The lowest BCUT2D eigenvalue weighted by molar-refractivity contribution is -0.143. The molecule has 0 aromatic heterocycles. The van der Waals surface area contributed by atoms with Crippen LogP contribution in [-0.4, -0.2) is 47.4 Å². The maximum Gasteiger partial charge on any atom is 0.305 e. The number of carbonyl (C=O) groups is 2. The zero-order chi connectivity index (χ0) is 37.3. The molecule has 51 heavy (non-hydrogen) atoms. The number of amides is 1. The largest absolute Gasteiger partial charge is 0.466 e. The predicted octanol–water partition coefficient (Wildman–Crippen LogP) is 12.2. The van der Waals surface area contributed by atoms with E-state index >= 15 is 0 Å². The zero-order valence-corrected chi connectivity index (χ0v) is 33.6. The summed E-state index contributed by atoms with van der Waals surface area (Å²) < 4.78 is 5.41. The van der Waals surface area contributed by atoms with Crippen molar-refractivity contribution in [3.05, 3.63) is 36.5 Å². The number of carbonyl (C=O) groups excluding carboxylic acids is 2. The summed E-state index contributed by atoms with van der Waals surface area (Å²) in [6.07, 6.45) is 46.7. The molecule has 0 aromatic rings. The van der Waals surface area contributed by atoms with Gasteiger partial charge in [0.2, 0.25) is 5.91 Å². The first-order valence-corrected chi connectivity index (χ1v) is 21.7. The Morgan fingerprint density at radius 2 is 1.02 bits per heavy atom. The highest BCUT2D eigenvalue weighted by atomic mass is 16.5. The van der Waals surface area contributed by atoms with Crippen molar-refractivity contribution in [2.24, 2.45) is 0 Å². The number of ether oxygens (including phenoxy) is 1. The predicted molar refractivity (Wildman–Crippen MR) is 218 cm³/mol. The standard InChI is InChI=1S/C45H83NO5/c1-3-5-7-9-11-13-15-16-17-19-23-27-31-35-39-45(50)51-40-36-32-28-24-20-22-26-30-34-38-44(49)46-42(41-47)43(48)37-33-29-25-21-18-14-12-10-8-6-4-2/h9,11,15-16,22,26,42-43,47-48H,3-8,10,12-14,17-21,23-25,27-41H2,1-2H3,(H,46,49)/b11-9-,16-15-,26-22-. The summed E-state index contributed by atoms with van der Waals surface area (Å²) in [4.78, 5) is 24.3. The van der Waals surface area contributed by atoms with E-state index in [0.29, 0.717) is 25.9 Å². The van der Waals surface area contributed by atoms with Gasteiger partial charge in [0, 0.05) is 12.8 Å². The number of hydrogen-bond acceptors (Lipinski definition) is 5. The van der Waals surface area contributed by atoms with Crippen molar-refractivity contribution >= 4 is 11.9 Å². The maximum atomic E-state index is 12.3. The van der Waals surface area contributed by atoms with Gasteiger partial charge in [0.05, 0.1) is 25.4 Å². The van der Waals surface area contributed by atoms with E-state index in [4.69, 9.17) is 4.74 Å². The second-order valence-corrected chi connectivity index (χ2v) is 14.7. The van der Waals surface area contributed by atoms with Crippen molar-refractivity contribution < 1.29 is 24.5 Å². The highest BCUT2D eigenvalue weighted by molar-refractivity contribution is 5.76. The van der Waals surface area contributed by atoms with Crippen LogP contribution in [0.2, 0.25) is 0 Å². The molecule has 2 atom stereocenters. The fourth-order valence-corrected chi connectivity index (χ4v) is 6.24. The molecular formula is C45H83NO5. The van der Waals surface area contributed by atoms with Gasteiger partial charge in [-0.15, -0.1) is 0 Å². The van der Waals surface area contributed by atoms with Crippen molar-refractivity contribution in [3.63, 3.8) is 0 Å². The highest BCUT2D eigenvalue weighted by Gasteiger charge is 2.19. The maximum absolute atomic E-state index is 12.3. The third-order valence-electron chi connectivity index (χ3n) is 9.66. The van der Waals surface area contributed by atoms with Crippen LogP contribution in [0.15, 0.2) is 36.5 Å². The quantitative estimate of drug-likeness (QED) is 0.0334. The minimum atomic E-state index is -0.694. The number of nitrogens with one attached hydrogen (secondary N) is 1. The summed E-state index contributed by atoms with van der Waals surface area (Å²) in [5.41, 5.74) is 0. The van der Waals surface area contributed by atoms with Crippen molar-refractivity contribution in [1.82, 2.24) is 5.32 Å². The summed E-state index contributed by atoms with van der Waals surface area (Å²) in [5.74, 6) is -0.152. The molecule has 0 saturated carbocycles. The molecule has 0 aliphatic carbocycles. The number of unbranched alkanes of at least 4 members (excludes halogenated alkanes) is 22. The SMILES string of the molecule is CCCC/C=C\C/C=C\CCCCCCCC(=O)OCCCCCC/C=C\CCCC(=O)NC(CO)C(O)CCCCCCCCCCCCC. The average molecular weight is 718 g/mol. The Balaban J connectivity index is 3.58. The molecule has 0 heterocycles. The summed E-state index contributed by atoms with van der Waals surface area (Å²) in [7, 11) is 0. The first-order chi connectivity index (χ1) is 25.0. The topological polar surface area (TPSA) is 95.9 Å². The van der Waals surface area contributed by atoms with Crippen molar-refractivity contribution in [3.8, 4) is 0 Å². The van der Waals surface area contributed by atoms with Gasteiger partial charge >= 0.3 is 5.97 Å².